The van der Waals surface area contributed by atoms with Gasteiger partial charge in [0.2, 0.25) is 0 Å². The Kier molecular flexibility index (Phi) is 6.97. The molecule has 33 heavy (non-hydrogen) atoms. The van der Waals surface area contributed by atoms with Crippen molar-refractivity contribution in [2.45, 2.75) is 31.3 Å². The first-order valence-corrected chi connectivity index (χ1v) is 10.8. The van der Waals surface area contributed by atoms with E-state index in [0.717, 1.165) is 30.6 Å². The van der Waals surface area contributed by atoms with Crippen LogP contribution in [0.25, 0.3) is 11.1 Å². The van der Waals surface area contributed by atoms with Gasteiger partial charge in [-0.25, -0.2) is 0 Å². The third-order valence-corrected chi connectivity index (χ3v) is 5.90. The smallest absolute Gasteiger partial charge is 0.405 e. The summed E-state index contributed by atoms with van der Waals surface area (Å²) in [5.41, 5.74) is 3.73. The number of ether oxygens (including phenoxy) is 1. The molecule has 0 aliphatic carbocycles. The van der Waals surface area contributed by atoms with E-state index >= 15 is 0 Å². The summed E-state index contributed by atoms with van der Waals surface area (Å²) in [6, 6.07) is 23.9. The van der Waals surface area contributed by atoms with E-state index in [-0.39, 0.29) is 24.3 Å². The zero-order valence-corrected chi connectivity index (χ0v) is 17.9. The zero-order valence-electron chi connectivity index (χ0n) is 17.9. The van der Waals surface area contributed by atoms with E-state index in [4.69, 9.17) is 5.26 Å². The second-order valence-corrected chi connectivity index (χ2v) is 8.06. The standard InChI is InChI=1S/C26H24F3N3O/c27-26(28,29)33-25-11-10-21(19-8-6-18(15-30)7-9-19)14-22(25)16-32-24-12-13-31-17-23(24)20-4-2-1-3-5-20/h1-11,14,23-24,31-32H,12-13,16-17H2/t23-,24-/m0/s1. The number of hydrogen-bond donors (Lipinski definition) is 2. The number of nitrogens with one attached hydrogen (secondary N) is 2. The fourth-order valence-corrected chi connectivity index (χ4v) is 4.25. The number of hydrogen-bond acceptors (Lipinski definition) is 4. The number of nitrogens with zero attached hydrogens (tertiary/aromatic N) is 1. The van der Waals surface area contributed by atoms with E-state index in [1.807, 2.05) is 18.2 Å². The summed E-state index contributed by atoms with van der Waals surface area (Å²) >= 11 is 0. The molecule has 1 heterocycles. The van der Waals surface area contributed by atoms with E-state index < -0.39 is 6.36 Å². The molecule has 0 bridgehead atoms. The van der Waals surface area contributed by atoms with Gasteiger partial charge in [0, 0.05) is 30.6 Å². The van der Waals surface area contributed by atoms with Crippen LogP contribution in [-0.2, 0) is 6.54 Å². The highest BCUT2D eigenvalue weighted by molar-refractivity contribution is 5.66. The average Bonchev–Trinajstić information content (AvgIpc) is 2.83. The van der Waals surface area contributed by atoms with Crippen molar-refractivity contribution in [2.24, 2.45) is 0 Å². The summed E-state index contributed by atoms with van der Waals surface area (Å²) in [5.74, 6) is 0.00577. The van der Waals surface area contributed by atoms with Crippen LogP contribution in [0.5, 0.6) is 5.75 Å². The van der Waals surface area contributed by atoms with Gasteiger partial charge in [0.15, 0.2) is 0 Å². The van der Waals surface area contributed by atoms with Gasteiger partial charge < -0.3 is 15.4 Å². The Labute approximate surface area is 191 Å². The summed E-state index contributed by atoms with van der Waals surface area (Å²) in [4.78, 5) is 0. The van der Waals surface area contributed by atoms with Crippen LogP contribution in [0.1, 0.15) is 29.0 Å². The first kappa shape index (κ1) is 22.8. The molecule has 3 aromatic rings. The maximum Gasteiger partial charge on any atom is 0.573 e. The molecule has 0 amide bonds. The van der Waals surface area contributed by atoms with Gasteiger partial charge in [0.1, 0.15) is 5.75 Å². The molecule has 0 radical (unpaired) electrons. The Hall–Kier alpha value is -3.34. The molecule has 4 rings (SSSR count). The molecule has 0 spiro atoms. The van der Waals surface area contributed by atoms with Crippen molar-refractivity contribution in [2.75, 3.05) is 13.1 Å². The van der Waals surface area contributed by atoms with E-state index in [1.165, 1.54) is 11.6 Å². The summed E-state index contributed by atoms with van der Waals surface area (Å²) in [6.45, 7) is 1.89. The maximum atomic E-state index is 13.0. The molecule has 3 aromatic carbocycles. The molecule has 0 saturated carbocycles. The van der Waals surface area contributed by atoms with E-state index in [9.17, 15) is 13.2 Å². The summed E-state index contributed by atoms with van der Waals surface area (Å²) in [7, 11) is 0. The molecular weight excluding hydrogens is 427 g/mol. The Bertz CT molecular complexity index is 1110. The highest BCUT2D eigenvalue weighted by Crippen LogP contribution is 2.32. The van der Waals surface area contributed by atoms with Gasteiger partial charge in [0.25, 0.3) is 0 Å². The molecule has 2 N–H and O–H groups in total. The highest BCUT2D eigenvalue weighted by Gasteiger charge is 2.32. The lowest BCUT2D eigenvalue weighted by Crippen LogP contribution is -2.45. The topological polar surface area (TPSA) is 57.1 Å². The van der Waals surface area contributed by atoms with Gasteiger partial charge >= 0.3 is 6.36 Å². The van der Waals surface area contributed by atoms with Gasteiger partial charge in [0.05, 0.1) is 11.6 Å². The van der Waals surface area contributed by atoms with E-state index in [1.54, 1.807) is 36.4 Å². The van der Waals surface area contributed by atoms with Crippen LogP contribution in [0, 0.1) is 11.3 Å². The van der Waals surface area contributed by atoms with E-state index in [0.29, 0.717) is 11.1 Å². The lowest BCUT2D eigenvalue weighted by Gasteiger charge is -2.33. The molecule has 2 atom stereocenters. The third kappa shape index (κ3) is 5.92. The Morgan fingerprint density at radius 1 is 1.00 bits per heavy atom. The van der Waals surface area contributed by atoms with Crippen molar-refractivity contribution in [1.29, 1.82) is 5.26 Å². The monoisotopic (exact) mass is 451 g/mol. The van der Waals surface area contributed by atoms with Gasteiger partial charge in [-0.05, 0) is 53.9 Å². The second-order valence-electron chi connectivity index (χ2n) is 8.06. The van der Waals surface area contributed by atoms with Crippen molar-refractivity contribution < 1.29 is 17.9 Å². The lowest BCUT2D eigenvalue weighted by atomic mass is 9.86. The van der Waals surface area contributed by atoms with Gasteiger partial charge in [-0.15, -0.1) is 13.2 Å². The van der Waals surface area contributed by atoms with Gasteiger partial charge in [-0.2, -0.15) is 5.26 Å². The second kappa shape index (κ2) is 10.1. The molecular formula is C26H24F3N3O. The predicted molar refractivity (Wildman–Crippen MR) is 121 cm³/mol. The SMILES string of the molecule is N#Cc1ccc(-c2ccc(OC(F)(F)F)c(CN[C@H]3CCNC[C@H]3c3ccccc3)c2)cc1. The van der Waals surface area contributed by atoms with Crippen LogP contribution in [0.2, 0.25) is 0 Å². The molecule has 1 aliphatic heterocycles. The van der Waals surface area contributed by atoms with Crippen LogP contribution in [0.4, 0.5) is 13.2 Å². The van der Waals surface area contributed by atoms with Crippen LogP contribution in [-0.4, -0.2) is 25.5 Å². The minimum absolute atomic E-state index is 0.117. The summed E-state index contributed by atoms with van der Waals surface area (Å²) in [5, 5.41) is 15.9. The lowest BCUT2D eigenvalue weighted by molar-refractivity contribution is -0.274. The van der Waals surface area contributed by atoms with Crippen LogP contribution in [0.15, 0.2) is 72.8 Å². The number of halogens is 3. The summed E-state index contributed by atoms with van der Waals surface area (Å²) in [6.07, 6.45) is -3.91. The average molecular weight is 451 g/mol. The van der Waals surface area contributed by atoms with Gasteiger partial charge in [-0.1, -0.05) is 48.5 Å². The zero-order chi connectivity index (χ0) is 23.3. The first-order valence-electron chi connectivity index (χ1n) is 10.8. The molecule has 0 aromatic heterocycles. The molecule has 170 valence electrons. The van der Waals surface area contributed by atoms with E-state index in [2.05, 4.69) is 33.6 Å². The van der Waals surface area contributed by atoms with Crippen LogP contribution >= 0.6 is 0 Å². The third-order valence-electron chi connectivity index (χ3n) is 5.90. The molecule has 1 fully saturated rings. The Balaban J connectivity index is 1.59. The fourth-order valence-electron chi connectivity index (χ4n) is 4.25. The highest BCUT2D eigenvalue weighted by atomic mass is 19.4. The van der Waals surface area contributed by atoms with Crippen molar-refractivity contribution in [3.05, 3.63) is 89.5 Å². The fraction of sp³-hybridized carbons (Fsp3) is 0.269. The minimum Gasteiger partial charge on any atom is -0.405 e. The number of alkyl halides is 3. The van der Waals surface area contributed by atoms with Crippen molar-refractivity contribution in [3.8, 4) is 22.9 Å². The van der Waals surface area contributed by atoms with Crippen molar-refractivity contribution >= 4 is 0 Å². The number of benzene rings is 3. The Morgan fingerprint density at radius 2 is 1.73 bits per heavy atom. The molecule has 1 aliphatic rings. The minimum atomic E-state index is -4.77. The number of nitriles is 1. The molecule has 0 unspecified atom stereocenters. The first-order chi connectivity index (χ1) is 15.9. The molecule has 4 nitrogen and oxygen atoms in total. The van der Waals surface area contributed by atoms with Crippen LogP contribution < -0.4 is 15.4 Å². The number of piperidine rings is 1. The number of rotatable bonds is 6. The van der Waals surface area contributed by atoms with Crippen molar-refractivity contribution in [1.82, 2.24) is 10.6 Å². The van der Waals surface area contributed by atoms with Crippen molar-refractivity contribution in [3.63, 3.8) is 0 Å². The molecule has 7 heteroatoms. The summed E-state index contributed by atoms with van der Waals surface area (Å²) < 4.78 is 43.4. The maximum absolute atomic E-state index is 13.0. The Morgan fingerprint density at radius 3 is 2.42 bits per heavy atom. The van der Waals surface area contributed by atoms with Crippen LogP contribution in [0.3, 0.4) is 0 Å². The normalized spacial score (nSPS) is 18.5. The molecule has 1 saturated heterocycles. The quantitative estimate of drug-likeness (QED) is 0.530. The van der Waals surface area contributed by atoms with Gasteiger partial charge in [-0.3, -0.25) is 0 Å². The largest absolute Gasteiger partial charge is 0.573 e. The predicted octanol–water partition coefficient (Wildman–Crippen LogP) is 5.36.